The highest BCUT2D eigenvalue weighted by atomic mass is 16.5. The number of nitrogens with zero attached hydrogens (tertiary/aromatic N) is 2. The third-order valence-electron chi connectivity index (χ3n) is 5.49. The minimum absolute atomic E-state index is 0.117. The van der Waals surface area contributed by atoms with Crippen molar-refractivity contribution >= 4 is 16.8 Å². The zero-order valence-corrected chi connectivity index (χ0v) is 15.6. The predicted octanol–water partition coefficient (Wildman–Crippen LogP) is 3.43. The van der Waals surface area contributed by atoms with Gasteiger partial charge < -0.3 is 19.2 Å². The second-order valence-electron chi connectivity index (χ2n) is 7.03. The van der Waals surface area contributed by atoms with Gasteiger partial charge in [-0.2, -0.15) is 0 Å². The number of benzene rings is 1. The van der Waals surface area contributed by atoms with Gasteiger partial charge in [0.2, 0.25) is 0 Å². The first-order chi connectivity index (χ1) is 12.6. The maximum Gasteiger partial charge on any atom is 0.256 e. The molecule has 0 unspecified atom stereocenters. The fourth-order valence-corrected chi connectivity index (χ4v) is 4.08. The number of amides is 1. The summed E-state index contributed by atoms with van der Waals surface area (Å²) in [7, 11) is 1.70. The summed E-state index contributed by atoms with van der Waals surface area (Å²) in [5.74, 6) is 0.117. The van der Waals surface area contributed by atoms with Crippen LogP contribution in [0.1, 0.15) is 33.0 Å². The first kappa shape index (κ1) is 16.9. The Hall–Kier alpha value is -2.53. The first-order valence-corrected chi connectivity index (χ1v) is 9.13. The fourth-order valence-electron chi connectivity index (χ4n) is 4.08. The minimum Gasteiger partial charge on any atom is -0.383 e. The smallest absolute Gasteiger partial charge is 0.256 e. The van der Waals surface area contributed by atoms with Crippen LogP contribution >= 0.6 is 0 Å². The molecule has 0 radical (unpaired) electrons. The van der Waals surface area contributed by atoms with Crippen LogP contribution in [0.2, 0.25) is 0 Å². The van der Waals surface area contributed by atoms with Gasteiger partial charge in [-0.1, -0.05) is 18.2 Å². The summed E-state index contributed by atoms with van der Waals surface area (Å²) >= 11 is 0. The van der Waals surface area contributed by atoms with Gasteiger partial charge in [-0.15, -0.1) is 0 Å². The number of para-hydroxylation sites is 1. The van der Waals surface area contributed by atoms with Crippen LogP contribution in [0.3, 0.4) is 0 Å². The molecule has 0 saturated carbocycles. The first-order valence-electron chi connectivity index (χ1n) is 9.13. The number of nitrogens with one attached hydrogen (secondary N) is 1. The SMILES string of the molecule is COCCn1c(C)cc(C(=O)N2CCc3c([nH]c4ccccc34)C2)c1C. The summed E-state index contributed by atoms with van der Waals surface area (Å²) in [6.45, 7) is 6.89. The van der Waals surface area contributed by atoms with Crippen molar-refractivity contribution in [3.63, 3.8) is 0 Å². The number of fused-ring (bicyclic) bond motifs is 3. The Morgan fingerprint density at radius 1 is 1.27 bits per heavy atom. The molecular weight excluding hydrogens is 326 g/mol. The average Bonchev–Trinajstić information content (AvgIpc) is 3.16. The Labute approximate surface area is 153 Å². The molecule has 1 N–H and O–H groups in total. The Bertz CT molecular complexity index is 967. The summed E-state index contributed by atoms with van der Waals surface area (Å²) in [5.41, 5.74) is 6.61. The lowest BCUT2D eigenvalue weighted by molar-refractivity contribution is 0.0732. The van der Waals surface area contributed by atoms with Crippen LogP contribution in [0.5, 0.6) is 0 Å². The number of carbonyl (C=O) groups excluding carboxylic acids is 1. The highest BCUT2D eigenvalue weighted by Crippen LogP contribution is 2.28. The number of ether oxygens (including phenoxy) is 1. The fraction of sp³-hybridized carbons (Fsp3) is 0.381. The monoisotopic (exact) mass is 351 g/mol. The molecular formula is C21H25N3O2. The maximum atomic E-state index is 13.2. The third kappa shape index (κ3) is 2.72. The van der Waals surface area contributed by atoms with Gasteiger partial charge in [0, 0.05) is 48.2 Å². The molecule has 136 valence electrons. The number of aryl methyl sites for hydroxylation is 1. The molecule has 0 saturated heterocycles. The van der Waals surface area contributed by atoms with Crippen molar-refractivity contribution < 1.29 is 9.53 Å². The molecule has 4 rings (SSSR count). The lowest BCUT2D eigenvalue weighted by Gasteiger charge is -2.27. The molecule has 0 aliphatic carbocycles. The second-order valence-corrected chi connectivity index (χ2v) is 7.03. The van der Waals surface area contributed by atoms with Crippen LogP contribution < -0.4 is 0 Å². The van der Waals surface area contributed by atoms with Crippen molar-refractivity contribution in [3.8, 4) is 0 Å². The lowest BCUT2D eigenvalue weighted by atomic mass is 10.0. The van der Waals surface area contributed by atoms with E-state index in [0.29, 0.717) is 13.2 Å². The van der Waals surface area contributed by atoms with Gasteiger partial charge in [0.05, 0.1) is 18.7 Å². The van der Waals surface area contributed by atoms with E-state index in [9.17, 15) is 4.79 Å². The van der Waals surface area contributed by atoms with E-state index in [0.717, 1.165) is 42.0 Å². The molecule has 1 aliphatic heterocycles. The molecule has 26 heavy (non-hydrogen) atoms. The Morgan fingerprint density at radius 3 is 2.88 bits per heavy atom. The number of H-pyrrole nitrogens is 1. The molecule has 1 aromatic carbocycles. The van der Waals surface area contributed by atoms with Gasteiger partial charge in [-0.25, -0.2) is 0 Å². The summed E-state index contributed by atoms with van der Waals surface area (Å²) in [6.07, 6.45) is 0.896. The number of hydrogen-bond donors (Lipinski definition) is 1. The number of aromatic nitrogens is 2. The molecule has 0 spiro atoms. The third-order valence-corrected chi connectivity index (χ3v) is 5.49. The molecule has 3 heterocycles. The normalized spacial score (nSPS) is 14.0. The Morgan fingerprint density at radius 2 is 2.08 bits per heavy atom. The molecule has 3 aromatic rings. The van der Waals surface area contributed by atoms with Gasteiger partial charge in [0.25, 0.3) is 5.91 Å². The molecule has 1 amide bonds. The van der Waals surface area contributed by atoms with Crippen molar-refractivity contribution in [1.29, 1.82) is 0 Å². The number of aromatic amines is 1. The van der Waals surface area contributed by atoms with Crippen LogP contribution in [-0.2, 0) is 24.2 Å². The van der Waals surface area contributed by atoms with Gasteiger partial charge in [0.15, 0.2) is 0 Å². The van der Waals surface area contributed by atoms with E-state index >= 15 is 0 Å². The highest BCUT2D eigenvalue weighted by molar-refractivity contribution is 5.96. The average molecular weight is 351 g/mol. The van der Waals surface area contributed by atoms with Crippen LogP contribution in [-0.4, -0.2) is 40.6 Å². The van der Waals surface area contributed by atoms with E-state index in [-0.39, 0.29) is 5.91 Å². The van der Waals surface area contributed by atoms with Crippen LogP contribution in [0.4, 0.5) is 0 Å². The van der Waals surface area contributed by atoms with E-state index in [1.807, 2.05) is 30.9 Å². The van der Waals surface area contributed by atoms with Crippen molar-refractivity contribution in [2.75, 3.05) is 20.3 Å². The van der Waals surface area contributed by atoms with Gasteiger partial charge >= 0.3 is 0 Å². The van der Waals surface area contributed by atoms with Crippen LogP contribution in [0.25, 0.3) is 10.9 Å². The standard InChI is InChI=1S/C21H25N3O2/c1-14-12-18(15(2)24(14)10-11-26-3)21(25)23-9-8-17-16-6-4-5-7-19(16)22-20(17)13-23/h4-7,12,22H,8-11,13H2,1-3H3. The summed E-state index contributed by atoms with van der Waals surface area (Å²) in [4.78, 5) is 18.6. The summed E-state index contributed by atoms with van der Waals surface area (Å²) < 4.78 is 7.35. The van der Waals surface area contributed by atoms with Crippen molar-refractivity contribution in [2.24, 2.45) is 0 Å². The quantitative estimate of drug-likeness (QED) is 0.783. The van der Waals surface area contributed by atoms with Gasteiger partial charge in [0.1, 0.15) is 0 Å². The van der Waals surface area contributed by atoms with E-state index in [2.05, 4.69) is 27.8 Å². The zero-order chi connectivity index (χ0) is 18.3. The summed E-state index contributed by atoms with van der Waals surface area (Å²) in [5, 5.41) is 1.28. The van der Waals surface area contributed by atoms with E-state index in [1.165, 1.54) is 16.6 Å². The molecule has 5 heteroatoms. The molecule has 1 aliphatic rings. The van der Waals surface area contributed by atoms with Gasteiger partial charge in [-0.3, -0.25) is 4.79 Å². The van der Waals surface area contributed by atoms with E-state index < -0.39 is 0 Å². The van der Waals surface area contributed by atoms with Crippen LogP contribution in [0, 0.1) is 13.8 Å². The predicted molar refractivity (Wildman–Crippen MR) is 103 cm³/mol. The number of carbonyl (C=O) groups is 1. The van der Waals surface area contributed by atoms with Crippen molar-refractivity contribution in [2.45, 2.75) is 33.4 Å². The van der Waals surface area contributed by atoms with Crippen molar-refractivity contribution in [3.05, 3.63) is 58.5 Å². The lowest BCUT2D eigenvalue weighted by Crippen LogP contribution is -2.36. The Balaban J connectivity index is 1.60. The molecule has 0 atom stereocenters. The maximum absolute atomic E-state index is 13.2. The Kier molecular flexibility index (Phi) is 4.32. The molecule has 0 bridgehead atoms. The molecule has 5 nitrogen and oxygen atoms in total. The highest BCUT2D eigenvalue weighted by Gasteiger charge is 2.26. The molecule has 2 aromatic heterocycles. The minimum atomic E-state index is 0.117. The number of hydrogen-bond acceptors (Lipinski definition) is 2. The van der Waals surface area contributed by atoms with E-state index in [4.69, 9.17) is 4.74 Å². The van der Waals surface area contributed by atoms with E-state index in [1.54, 1.807) is 7.11 Å². The molecule has 0 fully saturated rings. The zero-order valence-electron chi connectivity index (χ0n) is 15.6. The largest absolute Gasteiger partial charge is 0.383 e. The number of rotatable bonds is 4. The number of methoxy groups -OCH3 is 1. The topological polar surface area (TPSA) is 50.3 Å². The van der Waals surface area contributed by atoms with Crippen molar-refractivity contribution in [1.82, 2.24) is 14.5 Å². The summed E-state index contributed by atoms with van der Waals surface area (Å²) in [6, 6.07) is 10.4. The van der Waals surface area contributed by atoms with Gasteiger partial charge in [-0.05, 0) is 38.0 Å². The van der Waals surface area contributed by atoms with Crippen LogP contribution in [0.15, 0.2) is 30.3 Å². The second kappa shape index (κ2) is 6.65.